The van der Waals surface area contributed by atoms with Crippen molar-refractivity contribution in [3.8, 4) is 5.75 Å². The normalized spacial score (nSPS) is 21.0. The first-order valence-corrected chi connectivity index (χ1v) is 13.9. The van der Waals surface area contributed by atoms with Gasteiger partial charge in [-0.1, -0.05) is 0 Å². The predicted octanol–water partition coefficient (Wildman–Crippen LogP) is 2.30. The molecule has 0 N–H and O–H groups in total. The maximum Gasteiger partial charge on any atom is 0.248 e. The molecule has 0 spiro atoms. The third-order valence-electron chi connectivity index (χ3n) is 7.49. The molecule has 2 atom stereocenters. The summed E-state index contributed by atoms with van der Waals surface area (Å²) in [7, 11) is 6.57. The summed E-state index contributed by atoms with van der Waals surface area (Å²) in [6.45, 7) is 8.69. The molecule has 9 heteroatoms. The number of carbonyl (C=O) groups is 1. The summed E-state index contributed by atoms with van der Waals surface area (Å²) in [5.41, 5.74) is 1.88. The van der Waals surface area contributed by atoms with Crippen molar-refractivity contribution < 1.29 is 18.5 Å². The van der Waals surface area contributed by atoms with E-state index < -0.39 is 11.0 Å². The smallest absolute Gasteiger partial charge is 0.248 e. The van der Waals surface area contributed by atoms with Crippen molar-refractivity contribution in [2.24, 2.45) is 0 Å². The fraction of sp³-hybridized carbons (Fsp3) is 0.731. The van der Waals surface area contributed by atoms with Crippen LogP contribution in [0.5, 0.6) is 5.75 Å². The van der Waals surface area contributed by atoms with Gasteiger partial charge in [-0.25, -0.2) is 8.51 Å². The van der Waals surface area contributed by atoms with Crippen LogP contribution < -0.4 is 4.74 Å². The number of carbonyl (C=O) groups excluding carboxylic acids is 1. The Morgan fingerprint density at radius 2 is 1.74 bits per heavy atom. The topological polar surface area (TPSA) is 65.6 Å². The number of ether oxygens (including phenoxy) is 2. The number of amides is 1. The van der Waals surface area contributed by atoms with E-state index in [1.54, 1.807) is 11.4 Å². The van der Waals surface area contributed by atoms with E-state index in [1.807, 2.05) is 37.9 Å². The van der Waals surface area contributed by atoms with E-state index in [0.29, 0.717) is 25.2 Å². The van der Waals surface area contributed by atoms with Crippen LogP contribution in [0.4, 0.5) is 0 Å². The second-order valence-electron chi connectivity index (χ2n) is 10.1. The lowest BCUT2D eigenvalue weighted by Crippen LogP contribution is -2.53. The summed E-state index contributed by atoms with van der Waals surface area (Å²) in [5.74, 6) is 0.819. The molecule has 2 aliphatic rings. The Hall–Kier alpha value is -1.52. The van der Waals surface area contributed by atoms with Crippen molar-refractivity contribution in [2.45, 2.75) is 56.5 Å². The molecule has 3 rings (SSSR count). The highest BCUT2D eigenvalue weighted by Crippen LogP contribution is 2.26. The molecule has 2 fully saturated rings. The van der Waals surface area contributed by atoms with Gasteiger partial charge in [0.05, 0.1) is 18.6 Å². The lowest BCUT2D eigenvalue weighted by Gasteiger charge is -2.43. The van der Waals surface area contributed by atoms with Gasteiger partial charge in [-0.15, -0.1) is 0 Å². The van der Waals surface area contributed by atoms with Crippen molar-refractivity contribution >= 4 is 16.9 Å². The van der Waals surface area contributed by atoms with Gasteiger partial charge in [0, 0.05) is 38.8 Å². The Balaban J connectivity index is 1.42. The molecule has 0 radical (unpaired) electrons. The molecule has 2 unspecified atom stereocenters. The Morgan fingerprint density at radius 1 is 1.09 bits per heavy atom. The van der Waals surface area contributed by atoms with Crippen LogP contribution in [0.2, 0.25) is 0 Å². The summed E-state index contributed by atoms with van der Waals surface area (Å²) >= 11 is 0. The van der Waals surface area contributed by atoms with Crippen LogP contribution >= 0.6 is 0 Å². The zero-order valence-corrected chi connectivity index (χ0v) is 23.2. The number of rotatable bonds is 10. The number of nitrogens with zero attached hydrogens (tertiary/aromatic N) is 4. The summed E-state index contributed by atoms with van der Waals surface area (Å²) < 4.78 is 25.9. The van der Waals surface area contributed by atoms with Gasteiger partial charge in [0.25, 0.3) is 0 Å². The minimum atomic E-state index is -1.30. The Bertz CT molecular complexity index is 852. The van der Waals surface area contributed by atoms with Gasteiger partial charge in [0.15, 0.2) is 0 Å². The van der Waals surface area contributed by atoms with Gasteiger partial charge in [0.1, 0.15) is 23.3 Å². The van der Waals surface area contributed by atoms with Crippen molar-refractivity contribution in [3.05, 3.63) is 23.3 Å². The number of benzene rings is 1. The van der Waals surface area contributed by atoms with Crippen molar-refractivity contribution in [1.82, 2.24) is 19.0 Å². The minimum absolute atomic E-state index is 0.0529. The van der Waals surface area contributed by atoms with E-state index in [0.717, 1.165) is 60.8 Å². The molecule has 2 saturated heterocycles. The molecule has 8 nitrogen and oxygen atoms in total. The predicted molar refractivity (Wildman–Crippen MR) is 140 cm³/mol. The molecule has 35 heavy (non-hydrogen) atoms. The van der Waals surface area contributed by atoms with Gasteiger partial charge >= 0.3 is 0 Å². The molecule has 2 aliphatic heterocycles. The molecule has 0 saturated carbocycles. The summed E-state index contributed by atoms with van der Waals surface area (Å²) in [6, 6.07) is 4.83. The van der Waals surface area contributed by atoms with Crippen LogP contribution in [-0.2, 0) is 20.5 Å². The van der Waals surface area contributed by atoms with E-state index in [-0.39, 0.29) is 12.5 Å². The van der Waals surface area contributed by atoms with Crippen LogP contribution in [0.15, 0.2) is 17.0 Å². The maximum absolute atomic E-state index is 13.1. The molecular weight excluding hydrogens is 464 g/mol. The average molecular weight is 509 g/mol. The quantitative estimate of drug-likeness (QED) is 0.452. The highest BCUT2D eigenvalue weighted by molar-refractivity contribution is 7.82. The van der Waals surface area contributed by atoms with E-state index in [4.69, 9.17) is 9.47 Å². The Kier molecular flexibility index (Phi) is 10.5. The fourth-order valence-electron chi connectivity index (χ4n) is 5.20. The first-order valence-electron chi connectivity index (χ1n) is 12.8. The first kappa shape index (κ1) is 28.1. The van der Waals surface area contributed by atoms with Crippen LogP contribution in [0.25, 0.3) is 0 Å². The SMILES string of the molecule is COc1cc(C)c(S(=O)N(C)CCOCC(=O)N2CCCC(N(C)C3CCN(C)CC3)C2)c(C)c1. The zero-order valence-electron chi connectivity index (χ0n) is 22.4. The minimum Gasteiger partial charge on any atom is -0.497 e. The zero-order chi connectivity index (χ0) is 25.5. The number of likely N-dealkylation sites (N-methyl/N-ethyl adjacent to an activating group) is 2. The molecule has 0 aromatic heterocycles. The van der Waals surface area contributed by atoms with Crippen LogP contribution in [0, 0.1) is 13.8 Å². The Labute approximate surface area is 214 Å². The van der Waals surface area contributed by atoms with Gasteiger partial charge < -0.3 is 19.3 Å². The number of hydrogen-bond donors (Lipinski definition) is 0. The second kappa shape index (κ2) is 13.1. The van der Waals surface area contributed by atoms with Crippen molar-refractivity contribution in [3.63, 3.8) is 0 Å². The average Bonchev–Trinajstić information content (AvgIpc) is 2.85. The van der Waals surface area contributed by atoms with Crippen LogP contribution in [-0.4, -0.2) is 115 Å². The molecular formula is C26H44N4O4S. The molecule has 1 aromatic rings. The number of likely N-dealkylation sites (tertiary alicyclic amines) is 2. The summed E-state index contributed by atoms with van der Waals surface area (Å²) in [5, 5.41) is 0. The molecule has 1 amide bonds. The van der Waals surface area contributed by atoms with Crippen molar-refractivity contribution in [2.75, 3.05) is 74.2 Å². The fourth-order valence-corrected chi connectivity index (χ4v) is 6.42. The third kappa shape index (κ3) is 7.49. The van der Waals surface area contributed by atoms with Gasteiger partial charge in [-0.2, -0.15) is 0 Å². The summed E-state index contributed by atoms with van der Waals surface area (Å²) in [6.07, 6.45) is 4.58. The lowest BCUT2D eigenvalue weighted by molar-refractivity contribution is -0.138. The number of methoxy groups -OCH3 is 1. The second-order valence-corrected chi connectivity index (χ2v) is 11.6. The van der Waals surface area contributed by atoms with E-state index in [9.17, 15) is 9.00 Å². The van der Waals surface area contributed by atoms with Crippen molar-refractivity contribution in [1.29, 1.82) is 0 Å². The molecule has 0 bridgehead atoms. The van der Waals surface area contributed by atoms with E-state index in [2.05, 4.69) is 23.9 Å². The van der Waals surface area contributed by atoms with Gasteiger partial charge in [-0.3, -0.25) is 9.69 Å². The van der Waals surface area contributed by atoms with E-state index >= 15 is 0 Å². The highest BCUT2D eigenvalue weighted by Gasteiger charge is 2.31. The number of aryl methyl sites for hydroxylation is 2. The summed E-state index contributed by atoms with van der Waals surface area (Å²) in [4.78, 5) is 20.5. The molecule has 2 heterocycles. The highest BCUT2D eigenvalue weighted by atomic mass is 32.2. The standard InChI is InChI=1S/C26H44N4O4S/c1-20-16-24(33-6)17-21(2)26(20)35(32)28(4)14-15-34-19-25(31)30-11-7-8-23(18-30)29(5)22-9-12-27(3)13-10-22/h16-17,22-23H,7-15,18-19H2,1-6H3. The van der Waals surface area contributed by atoms with Gasteiger partial charge in [-0.05, 0) is 90.0 Å². The number of piperidine rings is 2. The molecule has 198 valence electrons. The lowest BCUT2D eigenvalue weighted by atomic mass is 9.98. The third-order valence-corrected chi connectivity index (χ3v) is 9.23. The first-order chi connectivity index (χ1) is 16.7. The molecule has 0 aliphatic carbocycles. The molecule has 1 aromatic carbocycles. The van der Waals surface area contributed by atoms with Crippen LogP contribution in [0.1, 0.15) is 36.8 Å². The number of hydrogen-bond acceptors (Lipinski definition) is 6. The van der Waals surface area contributed by atoms with Crippen LogP contribution in [0.3, 0.4) is 0 Å². The maximum atomic E-state index is 13.1. The largest absolute Gasteiger partial charge is 0.497 e. The van der Waals surface area contributed by atoms with E-state index in [1.165, 1.54) is 12.8 Å². The Morgan fingerprint density at radius 3 is 2.37 bits per heavy atom. The monoisotopic (exact) mass is 508 g/mol. The van der Waals surface area contributed by atoms with Gasteiger partial charge in [0.2, 0.25) is 5.91 Å².